The van der Waals surface area contributed by atoms with E-state index in [9.17, 15) is 9.18 Å². The predicted molar refractivity (Wildman–Crippen MR) is 138 cm³/mol. The van der Waals surface area contributed by atoms with Gasteiger partial charge in [0.2, 0.25) is 5.13 Å². The molecule has 0 saturated carbocycles. The van der Waals surface area contributed by atoms with Crippen LogP contribution in [0.5, 0.6) is 11.5 Å². The molecule has 0 aliphatic rings. The molecule has 3 aromatic carbocycles. The zero-order chi connectivity index (χ0) is 24.8. The minimum absolute atomic E-state index is 0.325. The van der Waals surface area contributed by atoms with Crippen molar-refractivity contribution >= 4 is 45.2 Å². The number of halogens is 2. The summed E-state index contributed by atoms with van der Waals surface area (Å²) in [6.07, 6.45) is 1.60. The summed E-state index contributed by atoms with van der Waals surface area (Å²) in [7, 11) is 3.13. The summed E-state index contributed by atoms with van der Waals surface area (Å²) in [5.41, 5.74) is 5.23. The number of amides is 1. The van der Waals surface area contributed by atoms with E-state index in [0.29, 0.717) is 43.5 Å². The summed E-state index contributed by atoms with van der Waals surface area (Å²) in [5, 5.41) is 8.57. The van der Waals surface area contributed by atoms with E-state index in [1.165, 1.54) is 23.5 Å². The van der Waals surface area contributed by atoms with E-state index >= 15 is 0 Å². The van der Waals surface area contributed by atoms with Crippen LogP contribution in [-0.4, -0.2) is 31.3 Å². The van der Waals surface area contributed by atoms with Gasteiger partial charge in [-0.3, -0.25) is 10.2 Å². The lowest BCUT2D eigenvalue weighted by Gasteiger charge is -2.07. The Morgan fingerprint density at radius 3 is 2.43 bits per heavy atom. The van der Waals surface area contributed by atoms with Crippen molar-refractivity contribution in [1.29, 1.82) is 0 Å². The number of aromatic nitrogens is 1. The van der Waals surface area contributed by atoms with E-state index in [4.69, 9.17) is 21.1 Å². The van der Waals surface area contributed by atoms with Crippen LogP contribution in [0.1, 0.15) is 15.9 Å². The maximum absolute atomic E-state index is 13.5. The smallest absolute Gasteiger partial charge is 0.256 e. The van der Waals surface area contributed by atoms with Crippen molar-refractivity contribution in [2.24, 2.45) is 5.10 Å². The van der Waals surface area contributed by atoms with Crippen LogP contribution in [-0.2, 0) is 0 Å². The first kappa shape index (κ1) is 24.2. The second-order valence-corrected chi connectivity index (χ2v) is 8.58. The number of carbonyl (C=O) groups is 1. The maximum Gasteiger partial charge on any atom is 0.256 e. The Bertz CT molecular complexity index is 1360. The summed E-state index contributed by atoms with van der Waals surface area (Å²) in [6.45, 7) is 0. The van der Waals surface area contributed by atoms with Crippen LogP contribution in [0, 0.1) is 5.82 Å². The molecule has 7 nitrogen and oxygen atoms in total. The van der Waals surface area contributed by atoms with Crippen LogP contribution in [0.2, 0.25) is 5.02 Å². The van der Waals surface area contributed by atoms with Gasteiger partial charge in [0.05, 0.1) is 20.4 Å². The number of carbonyl (C=O) groups excluding carboxylic acids is 1. The maximum atomic E-state index is 13.5. The first-order chi connectivity index (χ1) is 17.0. The molecule has 0 unspecified atom stereocenters. The van der Waals surface area contributed by atoms with E-state index in [1.54, 1.807) is 69.0 Å². The Morgan fingerprint density at radius 2 is 1.74 bits per heavy atom. The van der Waals surface area contributed by atoms with Crippen molar-refractivity contribution in [2.45, 2.75) is 0 Å². The highest BCUT2D eigenvalue weighted by Crippen LogP contribution is 2.36. The number of rotatable bonds is 8. The van der Waals surface area contributed by atoms with Crippen molar-refractivity contribution in [3.63, 3.8) is 0 Å². The minimum atomic E-state index is -0.367. The molecule has 0 aliphatic carbocycles. The first-order valence-corrected chi connectivity index (χ1v) is 11.5. The molecule has 10 heteroatoms. The largest absolute Gasteiger partial charge is 0.493 e. The topological polar surface area (TPSA) is 84.8 Å². The molecular weight excluding hydrogens is 491 g/mol. The monoisotopic (exact) mass is 510 g/mol. The van der Waals surface area contributed by atoms with Gasteiger partial charge >= 0.3 is 0 Å². The Morgan fingerprint density at radius 1 is 1.03 bits per heavy atom. The molecule has 2 N–H and O–H groups in total. The van der Waals surface area contributed by atoms with Crippen LogP contribution in [0.4, 0.5) is 14.5 Å². The molecule has 1 aromatic heterocycles. The molecule has 178 valence electrons. The molecule has 0 bridgehead atoms. The quantitative estimate of drug-likeness (QED) is 0.214. The Hall–Kier alpha value is -3.95. The van der Waals surface area contributed by atoms with Gasteiger partial charge in [-0.2, -0.15) is 5.10 Å². The zero-order valence-corrected chi connectivity index (χ0v) is 20.3. The minimum Gasteiger partial charge on any atom is -0.493 e. The summed E-state index contributed by atoms with van der Waals surface area (Å²) in [5.74, 6) is 0.502. The number of nitrogens with zero attached hydrogens (tertiary/aromatic N) is 2. The predicted octanol–water partition coefficient (Wildman–Crippen LogP) is 6.32. The number of hydrogen-bond acceptors (Lipinski definition) is 7. The number of ether oxygens (including phenoxy) is 2. The lowest BCUT2D eigenvalue weighted by Crippen LogP contribution is -2.11. The van der Waals surface area contributed by atoms with Crippen molar-refractivity contribution in [1.82, 2.24) is 4.98 Å². The van der Waals surface area contributed by atoms with Gasteiger partial charge in [0.15, 0.2) is 11.5 Å². The number of hydrogen-bond donors (Lipinski definition) is 2. The molecule has 0 saturated heterocycles. The number of thiazole rings is 1. The standard InChI is InChI=1S/C25H20ClFN4O3S/c1-33-20-12-3-15(13-21(20)34-2)14-28-31-25-29-22(16-6-10-19(27)11-7-16)24(35-25)30-23(32)17-4-8-18(26)9-5-17/h3-14H,1-2H3,(H,29,31)(H,30,32). The number of nitrogens with one attached hydrogen (secondary N) is 2. The van der Waals surface area contributed by atoms with Crippen molar-refractivity contribution < 1.29 is 18.7 Å². The van der Waals surface area contributed by atoms with Gasteiger partial charge in [0.1, 0.15) is 16.5 Å². The molecule has 4 aromatic rings. The van der Waals surface area contributed by atoms with Gasteiger partial charge in [-0.05, 0) is 72.3 Å². The van der Waals surface area contributed by atoms with Gasteiger partial charge in [-0.25, -0.2) is 9.37 Å². The molecule has 1 heterocycles. The number of anilines is 2. The molecule has 35 heavy (non-hydrogen) atoms. The number of methoxy groups -OCH3 is 2. The molecule has 0 aliphatic heterocycles. The zero-order valence-electron chi connectivity index (χ0n) is 18.7. The highest BCUT2D eigenvalue weighted by atomic mass is 35.5. The average Bonchev–Trinajstić information content (AvgIpc) is 3.27. The van der Waals surface area contributed by atoms with Crippen LogP contribution >= 0.6 is 22.9 Å². The van der Waals surface area contributed by atoms with Crippen molar-refractivity contribution in [2.75, 3.05) is 25.0 Å². The van der Waals surface area contributed by atoms with Gasteiger partial charge in [0, 0.05) is 16.1 Å². The molecule has 0 fully saturated rings. The van der Waals surface area contributed by atoms with Gasteiger partial charge in [0.25, 0.3) is 5.91 Å². The third-order valence-electron chi connectivity index (χ3n) is 4.86. The Labute approximate surface area is 210 Å². The lowest BCUT2D eigenvalue weighted by atomic mass is 10.1. The fourth-order valence-corrected chi connectivity index (χ4v) is 4.09. The normalized spacial score (nSPS) is 10.9. The highest BCUT2D eigenvalue weighted by molar-refractivity contribution is 7.20. The van der Waals surface area contributed by atoms with Crippen LogP contribution < -0.4 is 20.2 Å². The fourth-order valence-electron chi connectivity index (χ4n) is 3.13. The van der Waals surface area contributed by atoms with Crippen molar-refractivity contribution in [3.8, 4) is 22.8 Å². The van der Waals surface area contributed by atoms with E-state index in [1.807, 2.05) is 6.07 Å². The second-order valence-electron chi connectivity index (χ2n) is 7.15. The number of benzene rings is 3. The molecule has 0 atom stereocenters. The number of hydrazone groups is 1. The molecule has 4 rings (SSSR count). The third kappa shape index (κ3) is 5.95. The molecule has 1 amide bonds. The average molecular weight is 511 g/mol. The molecule has 0 radical (unpaired) electrons. The van der Waals surface area contributed by atoms with Crippen molar-refractivity contribution in [3.05, 3.63) is 88.7 Å². The summed E-state index contributed by atoms with van der Waals surface area (Å²) >= 11 is 7.12. The Kier molecular flexibility index (Phi) is 7.59. The summed E-state index contributed by atoms with van der Waals surface area (Å²) in [4.78, 5) is 17.3. The Balaban J connectivity index is 1.58. The summed E-state index contributed by atoms with van der Waals surface area (Å²) < 4.78 is 24.0. The first-order valence-electron chi connectivity index (χ1n) is 10.3. The van der Waals surface area contributed by atoms with E-state index in [0.717, 1.165) is 5.56 Å². The van der Waals surface area contributed by atoms with E-state index < -0.39 is 0 Å². The SMILES string of the molecule is COc1ccc(C=NNc2nc(-c3ccc(F)cc3)c(NC(=O)c3ccc(Cl)cc3)s2)cc1OC. The third-order valence-corrected chi connectivity index (χ3v) is 5.99. The summed E-state index contributed by atoms with van der Waals surface area (Å²) in [6, 6.07) is 17.8. The highest BCUT2D eigenvalue weighted by Gasteiger charge is 2.17. The van der Waals surface area contributed by atoms with Crippen LogP contribution in [0.15, 0.2) is 71.8 Å². The fraction of sp³-hybridized carbons (Fsp3) is 0.0800. The van der Waals surface area contributed by atoms with Gasteiger partial charge in [-0.15, -0.1) is 0 Å². The van der Waals surface area contributed by atoms with Crippen LogP contribution in [0.25, 0.3) is 11.3 Å². The van der Waals surface area contributed by atoms with Crippen LogP contribution in [0.3, 0.4) is 0 Å². The van der Waals surface area contributed by atoms with Gasteiger partial charge < -0.3 is 14.8 Å². The van der Waals surface area contributed by atoms with Gasteiger partial charge in [-0.1, -0.05) is 22.9 Å². The second kappa shape index (κ2) is 11.0. The lowest BCUT2D eigenvalue weighted by molar-refractivity contribution is 0.102. The molecule has 0 spiro atoms. The van der Waals surface area contributed by atoms with E-state index in [2.05, 4.69) is 20.8 Å². The van der Waals surface area contributed by atoms with E-state index in [-0.39, 0.29) is 11.7 Å². The molecular formula is C25H20ClFN4O3S.